The average Bonchev–Trinajstić information content (AvgIpc) is 2.88. The molecule has 1 amide bonds. The van der Waals surface area contributed by atoms with E-state index >= 15 is 0 Å². The molecule has 2 rings (SSSR count). The maximum atomic E-state index is 12.9. The number of hydrogen-bond donors (Lipinski definition) is 1. The maximum absolute atomic E-state index is 12.9. The topological polar surface area (TPSA) is 76.1 Å². The fourth-order valence-electron chi connectivity index (χ4n) is 3.02. The first kappa shape index (κ1) is 21.4. The minimum absolute atomic E-state index is 0.0469. The number of ether oxygens (including phenoxy) is 2. The number of rotatable bonds is 4. The van der Waals surface area contributed by atoms with Gasteiger partial charge in [0.1, 0.15) is 17.5 Å². The Kier molecular flexibility index (Phi) is 6.03. The number of piperidine rings is 1. The van der Waals surface area contributed by atoms with Crippen LogP contribution in [-0.2, 0) is 4.74 Å². The highest BCUT2D eigenvalue weighted by atomic mass is 32.1. The molecule has 1 aliphatic heterocycles. The van der Waals surface area contributed by atoms with Crippen LogP contribution in [0.1, 0.15) is 68.4 Å². The molecule has 0 aromatic carbocycles. The van der Waals surface area contributed by atoms with Crippen LogP contribution in [0.5, 0.6) is 5.75 Å². The van der Waals surface area contributed by atoms with Crippen molar-refractivity contribution < 1.29 is 33.0 Å². The standard InChI is InChI=1S/C18H25F2NO5S/c1-17(2,3)26-16(24)21-7-6-10(9-18(21,4)5)25-11-8-12(14(19)20)27-13(11)15(22)23/h8,10,14H,6-7,9H2,1-5H3,(H,22,23)/t10-/m1/s1. The summed E-state index contributed by atoms with van der Waals surface area (Å²) in [7, 11) is 0. The van der Waals surface area contributed by atoms with E-state index in [1.807, 2.05) is 13.8 Å². The second-order valence-corrected chi connectivity index (χ2v) is 9.21. The fourth-order valence-corrected chi connectivity index (χ4v) is 3.80. The Hall–Kier alpha value is -1.90. The molecule has 1 saturated heterocycles. The van der Waals surface area contributed by atoms with E-state index in [1.54, 1.807) is 25.7 Å². The Morgan fingerprint density at radius 3 is 2.48 bits per heavy atom. The summed E-state index contributed by atoms with van der Waals surface area (Å²) in [6.07, 6.45) is -2.70. The average molecular weight is 405 g/mol. The van der Waals surface area contributed by atoms with Gasteiger partial charge >= 0.3 is 12.1 Å². The Bertz CT molecular complexity index is 711. The van der Waals surface area contributed by atoms with Crippen LogP contribution < -0.4 is 4.74 Å². The van der Waals surface area contributed by atoms with Crippen LogP contribution in [0.4, 0.5) is 13.6 Å². The molecule has 1 aromatic heterocycles. The summed E-state index contributed by atoms with van der Waals surface area (Å²) in [5.41, 5.74) is -1.20. The third-order valence-corrected chi connectivity index (χ3v) is 5.28. The van der Waals surface area contributed by atoms with Gasteiger partial charge in [0.2, 0.25) is 0 Å². The number of carbonyl (C=O) groups is 2. The van der Waals surface area contributed by atoms with Gasteiger partial charge in [-0.2, -0.15) is 0 Å². The van der Waals surface area contributed by atoms with E-state index in [2.05, 4.69) is 0 Å². The molecular formula is C18H25F2NO5S. The number of hydrogen-bond acceptors (Lipinski definition) is 5. The molecular weight excluding hydrogens is 380 g/mol. The molecule has 1 aliphatic rings. The van der Waals surface area contributed by atoms with Crippen LogP contribution in [0.2, 0.25) is 0 Å². The van der Waals surface area contributed by atoms with Crippen LogP contribution in [0.3, 0.4) is 0 Å². The van der Waals surface area contributed by atoms with Crippen LogP contribution in [0.25, 0.3) is 0 Å². The normalized spacial score (nSPS) is 19.9. The van der Waals surface area contributed by atoms with Gasteiger partial charge in [-0.3, -0.25) is 0 Å². The largest absolute Gasteiger partial charge is 0.488 e. The number of halogens is 2. The highest BCUT2D eigenvalue weighted by Crippen LogP contribution is 2.38. The number of carbonyl (C=O) groups excluding carboxylic acids is 1. The van der Waals surface area contributed by atoms with E-state index in [0.717, 1.165) is 6.07 Å². The zero-order chi connectivity index (χ0) is 20.6. The highest BCUT2D eigenvalue weighted by molar-refractivity contribution is 7.14. The molecule has 27 heavy (non-hydrogen) atoms. The third-order valence-electron chi connectivity index (χ3n) is 4.17. The minimum Gasteiger partial charge on any atom is -0.488 e. The number of thiophene rings is 1. The van der Waals surface area contributed by atoms with Crippen molar-refractivity contribution in [2.24, 2.45) is 0 Å². The quantitative estimate of drug-likeness (QED) is 0.768. The molecule has 9 heteroatoms. The summed E-state index contributed by atoms with van der Waals surface area (Å²) < 4.78 is 37.0. The second-order valence-electron chi connectivity index (χ2n) is 8.13. The van der Waals surface area contributed by atoms with Crippen LogP contribution in [0.15, 0.2) is 6.07 Å². The Labute approximate surface area is 161 Å². The van der Waals surface area contributed by atoms with Crippen molar-refractivity contribution in [3.8, 4) is 5.75 Å². The van der Waals surface area contributed by atoms with Gasteiger partial charge in [-0.05, 0) is 34.6 Å². The van der Waals surface area contributed by atoms with Crippen molar-refractivity contribution in [1.82, 2.24) is 4.90 Å². The first-order chi connectivity index (χ1) is 12.3. The van der Waals surface area contributed by atoms with Crippen molar-refractivity contribution in [3.63, 3.8) is 0 Å². The molecule has 6 nitrogen and oxygen atoms in total. The Morgan fingerprint density at radius 2 is 2.00 bits per heavy atom. The van der Waals surface area contributed by atoms with E-state index in [-0.39, 0.29) is 15.5 Å². The molecule has 2 heterocycles. The number of likely N-dealkylation sites (tertiary alicyclic amines) is 1. The molecule has 1 N–H and O–H groups in total. The third kappa shape index (κ3) is 5.31. The summed E-state index contributed by atoms with van der Waals surface area (Å²) in [5, 5.41) is 9.23. The molecule has 152 valence electrons. The number of nitrogens with zero attached hydrogens (tertiary/aromatic N) is 1. The summed E-state index contributed by atoms with van der Waals surface area (Å²) in [4.78, 5) is 24.8. The predicted octanol–water partition coefficient (Wildman–Crippen LogP) is 4.94. The number of alkyl halides is 2. The van der Waals surface area contributed by atoms with Crippen molar-refractivity contribution in [2.45, 2.75) is 71.1 Å². The summed E-state index contributed by atoms with van der Waals surface area (Å²) in [5.74, 6) is -1.35. The van der Waals surface area contributed by atoms with Gasteiger partial charge in [0.25, 0.3) is 6.43 Å². The lowest BCUT2D eigenvalue weighted by Crippen LogP contribution is -2.56. The minimum atomic E-state index is -2.75. The summed E-state index contributed by atoms with van der Waals surface area (Å²) in [6, 6.07) is 1.09. The second kappa shape index (κ2) is 7.61. The monoisotopic (exact) mass is 405 g/mol. The lowest BCUT2D eigenvalue weighted by atomic mass is 9.89. The molecule has 0 spiro atoms. The number of aromatic carboxylic acids is 1. The van der Waals surface area contributed by atoms with Gasteiger partial charge in [0, 0.05) is 31.0 Å². The van der Waals surface area contributed by atoms with Gasteiger partial charge in [0.15, 0.2) is 4.88 Å². The Balaban J connectivity index is 2.12. The lowest BCUT2D eigenvalue weighted by molar-refractivity contribution is -0.0262. The number of carboxylic acid groups (broad SMARTS) is 1. The van der Waals surface area contributed by atoms with E-state index in [9.17, 15) is 23.5 Å². The molecule has 1 fully saturated rings. The predicted molar refractivity (Wildman–Crippen MR) is 96.9 cm³/mol. The molecule has 0 bridgehead atoms. The summed E-state index contributed by atoms with van der Waals surface area (Å²) >= 11 is 0.517. The molecule has 0 radical (unpaired) electrons. The first-order valence-corrected chi connectivity index (χ1v) is 9.44. The van der Waals surface area contributed by atoms with Gasteiger partial charge in [-0.25, -0.2) is 18.4 Å². The van der Waals surface area contributed by atoms with Gasteiger partial charge in [0.05, 0.1) is 4.88 Å². The smallest absolute Gasteiger partial charge is 0.410 e. The van der Waals surface area contributed by atoms with Crippen LogP contribution in [0, 0.1) is 0 Å². The molecule has 1 atom stereocenters. The molecule has 0 aliphatic carbocycles. The van der Waals surface area contributed by atoms with E-state index < -0.39 is 35.7 Å². The van der Waals surface area contributed by atoms with E-state index in [4.69, 9.17) is 9.47 Å². The van der Waals surface area contributed by atoms with Gasteiger partial charge < -0.3 is 19.5 Å². The van der Waals surface area contributed by atoms with Gasteiger partial charge in [-0.15, -0.1) is 11.3 Å². The summed E-state index contributed by atoms with van der Waals surface area (Å²) in [6.45, 7) is 9.46. The highest BCUT2D eigenvalue weighted by Gasteiger charge is 2.41. The lowest BCUT2D eigenvalue weighted by Gasteiger charge is -2.45. The van der Waals surface area contributed by atoms with Crippen LogP contribution >= 0.6 is 11.3 Å². The van der Waals surface area contributed by atoms with Gasteiger partial charge in [-0.1, -0.05) is 0 Å². The number of carboxylic acids is 1. The fraction of sp³-hybridized carbons (Fsp3) is 0.667. The maximum Gasteiger partial charge on any atom is 0.410 e. The molecule has 0 unspecified atom stereocenters. The van der Waals surface area contributed by atoms with E-state index in [1.165, 1.54) is 0 Å². The van der Waals surface area contributed by atoms with Crippen molar-refractivity contribution >= 4 is 23.4 Å². The molecule has 0 saturated carbocycles. The van der Waals surface area contributed by atoms with Crippen molar-refractivity contribution in [3.05, 3.63) is 15.8 Å². The first-order valence-electron chi connectivity index (χ1n) is 8.62. The number of amides is 1. The SMILES string of the molecule is CC(C)(C)OC(=O)N1CC[C@@H](Oc2cc(C(F)F)sc2C(=O)O)CC1(C)C. The van der Waals surface area contributed by atoms with Crippen molar-refractivity contribution in [2.75, 3.05) is 6.54 Å². The van der Waals surface area contributed by atoms with Crippen molar-refractivity contribution in [1.29, 1.82) is 0 Å². The zero-order valence-electron chi connectivity index (χ0n) is 16.0. The molecule has 1 aromatic rings. The van der Waals surface area contributed by atoms with Crippen LogP contribution in [-0.4, -0.2) is 45.9 Å². The Morgan fingerprint density at radius 1 is 1.37 bits per heavy atom. The van der Waals surface area contributed by atoms with E-state index in [0.29, 0.717) is 30.7 Å². The zero-order valence-corrected chi connectivity index (χ0v) is 16.9.